The number of methoxy groups -OCH3 is 1. The number of rotatable bonds is 3. The second-order valence-corrected chi connectivity index (χ2v) is 7.59. The monoisotopic (exact) mass is 435 g/mol. The molecule has 147 valence electrons. The number of phenolic OH excluding ortho intramolecular Hbond substituents is 1. The van der Waals surface area contributed by atoms with E-state index in [-0.39, 0.29) is 36.0 Å². The number of phenols is 1. The molecular weight excluding hydrogens is 403 g/mol. The molecule has 0 atom stereocenters. The Morgan fingerprint density at radius 1 is 1.15 bits per heavy atom. The molecule has 0 bridgehead atoms. The molecular formula is C21H33Cl2O2Ti. The fourth-order valence-corrected chi connectivity index (χ4v) is 1.72. The van der Waals surface area contributed by atoms with Crippen molar-refractivity contribution >= 4 is 28.6 Å². The van der Waals surface area contributed by atoms with Crippen molar-refractivity contribution in [2.45, 2.75) is 59.3 Å². The van der Waals surface area contributed by atoms with Crippen molar-refractivity contribution in [3.8, 4) is 11.5 Å². The molecule has 0 unspecified atom stereocenters. The van der Waals surface area contributed by atoms with E-state index in [9.17, 15) is 5.11 Å². The van der Waals surface area contributed by atoms with Crippen molar-refractivity contribution in [1.29, 1.82) is 0 Å². The van der Waals surface area contributed by atoms with Gasteiger partial charge in [-0.05, 0) is 23.1 Å². The third kappa shape index (κ3) is 14.6. The molecule has 0 aliphatic heterocycles. The summed E-state index contributed by atoms with van der Waals surface area (Å²) >= 11 is 2.19. The fraction of sp³-hybridized carbons (Fsp3) is 0.476. The molecule has 1 N–H and O–H groups in total. The minimum Gasteiger partial charge on any atom is -0.508 e. The maximum Gasteiger partial charge on any atom is 0.122 e. The fourth-order valence-electron chi connectivity index (χ4n) is 1.72. The average Bonchev–Trinajstić information content (AvgIpc) is 3.13. The SMILES string of the molecule is CC[C](=[Ti+])CC.COc1cc(O)cc(C(C)(C)C)c1.Cl.Cl.[C-]1=CC=CC1. The Bertz CT molecular complexity index is 546. The third-order valence-corrected chi connectivity index (χ3v) is 4.54. The van der Waals surface area contributed by atoms with Gasteiger partial charge in [-0.25, -0.2) is 12.2 Å². The van der Waals surface area contributed by atoms with Crippen LogP contribution in [0.3, 0.4) is 0 Å². The van der Waals surface area contributed by atoms with Gasteiger partial charge in [0.25, 0.3) is 0 Å². The third-order valence-electron chi connectivity index (χ3n) is 3.43. The quantitative estimate of drug-likeness (QED) is 0.441. The largest absolute Gasteiger partial charge is 0.508 e. The van der Waals surface area contributed by atoms with Crippen LogP contribution in [-0.2, 0) is 25.4 Å². The maximum atomic E-state index is 9.41. The van der Waals surface area contributed by atoms with Crippen LogP contribution in [0.1, 0.15) is 59.4 Å². The first-order valence-electron chi connectivity index (χ1n) is 8.41. The molecule has 0 fully saturated rings. The Balaban J connectivity index is -0.000000342. The van der Waals surface area contributed by atoms with Crippen molar-refractivity contribution in [2.24, 2.45) is 0 Å². The van der Waals surface area contributed by atoms with Crippen LogP contribution in [-0.4, -0.2) is 16.0 Å². The minimum absolute atomic E-state index is 0. The van der Waals surface area contributed by atoms with E-state index >= 15 is 0 Å². The summed E-state index contributed by atoms with van der Waals surface area (Å²) in [6, 6.07) is 5.32. The number of hydrogen-bond donors (Lipinski definition) is 1. The van der Waals surface area contributed by atoms with Gasteiger partial charge in [-0.2, -0.15) is 6.08 Å². The zero-order valence-electron chi connectivity index (χ0n) is 16.8. The van der Waals surface area contributed by atoms with E-state index in [0.717, 1.165) is 12.0 Å². The summed E-state index contributed by atoms with van der Waals surface area (Å²) in [6.07, 6.45) is 12.5. The van der Waals surface area contributed by atoms with E-state index in [0.29, 0.717) is 5.75 Å². The van der Waals surface area contributed by atoms with Crippen LogP contribution in [0, 0.1) is 6.08 Å². The van der Waals surface area contributed by atoms with Crippen LogP contribution in [0.5, 0.6) is 11.5 Å². The zero-order valence-corrected chi connectivity index (χ0v) is 20.0. The molecule has 0 amide bonds. The molecule has 1 aliphatic carbocycles. The maximum absolute atomic E-state index is 9.41. The number of ether oxygens (including phenoxy) is 1. The van der Waals surface area contributed by atoms with Gasteiger partial charge in [0.15, 0.2) is 0 Å². The second-order valence-electron chi connectivity index (χ2n) is 6.48. The van der Waals surface area contributed by atoms with Crippen molar-refractivity contribution in [2.75, 3.05) is 7.11 Å². The predicted octanol–water partition coefficient (Wildman–Crippen LogP) is 6.37. The molecule has 1 aromatic carbocycles. The van der Waals surface area contributed by atoms with Crippen LogP contribution in [0.4, 0.5) is 0 Å². The van der Waals surface area contributed by atoms with Gasteiger partial charge in [0.1, 0.15) is 11.5 Å². The van der Waals surface area contributed by atoms with Gasteiger partial charge in [-0.3, -0.25) is 6.08 Å². The van der Waals surface area contributed by atoms with Crippen molar-refractivity contribution in [3.63, 3.8) is 0 Å². The van der Waals surface area contributed by atoms with E-state index in [2.05, 4.69) is 66.7 Å². The Morgan fingerprint density at radius 2 is 1.73 bits per heavy atom. The van der Waals surface area contributed by atoms with Gasteiger partial charge in [0, 0.05) is 6.07 Å². The Hall–Kier alpha value is -0.536. The van der Waals surface area contributed by atoms with Crippen molar-refractivity contribution < 1.29 is 29.8 Å². The van der Waals surface area contributed by atoms with Crippen LogP contribution in [0.25, 0.3) is 0 Å². The summed E-state index contributed by atoms with van der Waals surface area (Å²) in [7, 11) is 1.60. The molecule has 5 heteroatoms. The number of aromatic hydroxyl groups is 1. The summed E-state index contributed by atoms with van der Waals surface area (Å²) in [5.41, 5.74) is 1.11. The normalized spacial score (nSPS) is 11.1. The van der Waals surface area contributed by atoms with Crippen LogP contribution in [0.15, 0.2) is 36.4 Å². The van der Waals surface area contributed by atoms with Crippen LogP contribution >= 0.6 is 24.8 Å². The van der Waals surface area contributed by atoms with Gasteiger partial charge in [-0.15, -0.1) is 31.2 Å². The first-order valence-corrected chi connectivity index (χ1v) is 9.19. The average molecular weight is 436 g/mol. The molecule has 0 saturated carbocycles. The van der Waals surface area contributed by atoms with E-state index in [4.69, 9.17) is 4.74 Å². The van der Waals surface area contributed by atoms with Crippen molar-refractivity contribution in [1.82, 2.24) is 0 Å². The predicted molar refractivity (Wildman–Crippen MR) is 115 cm³/mol. The molecule has 1 aromatic rings. The molecule has 1 aliphatic rings. The number of hydrogen-bond acceptors (Lipinski definition) is 2. The van der Waals surface area contributed by atoms with Gasteiger partial charge < -0.3 is 9.84 Å². The standard InChI is InChI=1S/C11H16O2.C5H5.C5H10.2ClH.Ti/c1-11(2,3)8-5-9(12)7-10(6-8)13-4;1-2-4-5-3-1;1-3-5-4-2;;;/h5-7,12H,1-4H3;1-3H,4H2;3-4H2,1-2H3;2*1H;/q;-1;;;;+1. The smallest absolute Gasteiger partial charge is 0.122 e. The molecule has 0 saturated heterocycles. The molecule has 0 aromatic heterocycles. The molecule has 0 spiro atoms. The molecule has 2 rings (SSSR count). The van der Waals surface area contributed by atoms with E-state index in [1.54, 1.807) is 23.1 Å². The molecule has 0 radical (unpaired) electrons. The van der Waals surface area contributed by atoms with Crippen molar-refractivity contribution in [3.05, 3.63) is 48.1 Å². The molecule has 0 heterocycles. The molecule has 2 nitrogen and oxygen atoms in total. The summed E-state index contributed by atoms with van der Waals surface area (Å²) < 4.78 is 6.66. The van der Waals surface area contributed by atoms with Gasteiger partial charge in [0.05, 0.1) is 7.11 Å². The van der Waals surface area contributed by atoms with E-state index in [1.165, 1.54) is 12.8 Å². The van der Waals surface area contributed by atoms with E-state index in [1.807, 2.05) is 18.2 Å². The Labute approximate surface area is 183 Å². The second kappa shape index (κ2) is 16.6. The summed E-state index contributed by atoms with van der Waals surface area (Å²) in [4.78, 5) is 0. The topological polar surface area (TPSA) is 29.5 Å². The van der Waals surface area contributed by atoms with Gasteiger partial charge in [-0.1, -0.05) is 20.8 Å². The van der Waals surface area contributed by atoms with Crippen LogP contribution < -0.4 is 4.74 Å². The van der Waals surface area contributed by atoms with E-state index < -0.39 is 0 Å². The Morgan fingerprint density at radius 3 is 2.00 bits per heavy atom. The summed E-state index contributed by atoms with van der Waals surface area (Å²) in [5.74, 6) is 0.953. The number of halogens is 2. The molecule has 26 heavy (non-hydrogen) atoms. The first kappa shape index (κ1) is 30.2. The summed E-state index contributed by atoms with van der Waals surface area (Å²) in [5, 5.41) is 9.41. The first-order chi connectivity index (χ1) is 11.2. The number of benzene rings is 1. The van der Waals surface area contributed by atoms with Crippen LogP contribution in [0.2, 0.25) is 0 Å². The Kier molecular flexibility index (Phi) is 19.3. The zero-order chi connectivity index (χ0) is 18.6. The van der Waals surface area contributed by atoms with Gasteiger partial charge >= 0.3 is 50.5 Å². The minimum atomic E-state index is 0. The summed E-state index contributed by atoms with van der Waals surface area (Å²) in [6.45, 7) is 10.7. The number of allylic oxidation sites excluding steroid dienone is 4. The van der Waals surface area contributed by atoms with Gasteiger partial charge in [0.2, 0.25) is 0 Å².